The second-order valence-electron chi connectivity index (χ2n) is 15.6. The zero-order valence-corrected chi connectivity index (χ0v) is 38.3. The summed E-state index contributed by atoms with van der Waals surface area (Å²) >= 11 is 0. The van der Waals surface area contributed by atoms with E-state index in [1.54, 1.807) is 47.8 Å². The zero-order valence-electron chi connectivity index (χ0n) is 35.0. The molecule has 0 bridgehead atoms. The molecule has 1 unspecified atom stereocenters. The molecule has 2 rings (SSSR count). The number of hydrogen-bond acceptors (Lipinski definition) is 11. The van der Waals surface area contributed by atoms with Crippen molar-refractivity contribution in [2.75, 3.05) is 32.5 Å². The Morgan fingerprint density at radius 2 is 1.28 bits per heavy atom. The number of aliphatic imine (C=N–C) groups is 1. The van der Waals surface area contributed by atoms with Gasteiger partial charge < -0.3 is 9.47 Å². The first-order valence-corrected chi connectivity index (χ1v) is 21.8. The topological polar surface area (TPSA) is 100 Å². The Bertz CT molecular complexity index is 1150. The van der Waals surface area contributed by atoms with Crippen LogP contribution in [0.15, 0.2) is 41.6 Å². The minimum Gasteiger partial charge on any atom is -0.502 e. The summed E-state index contributed by atoms with van der Waals surface area (Å²) < 4.78 is 47.1. The minimum atomic E-state index is -4.32. The number of aryl methyl sites for hydroxylation is 1. The third-order valence-electron chi connectivity index (χ3n) is 5.45. The lowest BCUT2D eigenvalue weighted by Gasteiger charge is -2.17. The first kappa shape index (κ1) is 60.9. The molecule has 1 aromatic rings. The number of nitrogens with two attached hydrogens (primary N) is 1. The molecule has 1 aromatic carbocycles. The van der Waals surface area contributed by atoms with E-state index in [1.807, 2.05) is 76.3 Å². The van der Waals surface area contributed by atoms with Crippen LogP contribution in [-0.2, 0) is 29.4 Å². The second kappa shape index (κ2) is 29.0. The lowest BCUT2D eigenvalue weighted by Crippen LogP contribution is -2.31. The lowest BCUT2D eigenvalue weighted by molar-refractivity contribution is -0.156. The zero-order chi connectivity index (χ0) is 42.2. The van der Waals surface area contributed by atoms with Crippen molar-refractivity contribution in [3.63, 3.8) is 0 Å². The van der Waals surface area contributed by atoms with Crippen molar-refractivity contribution in [1.29, 1.82) is 0 Å². The van der Waals surface area contributed by atoms with E-state index in [0.717, 1.165) is 29.7 Å². The number of alkyl halides is 3. The number of rotatable bonds is 8. The van der Waals surface area contributed by atoms with Crippen molar-refractivity contribution < 1.29 is 37.1 Å². The molecule has 0 fully saturated rings. The van der Waals surface area contributed by atoms with Gasteiger partial charge in [0.05, 0.1) is 31.0 Å². The van der Waals surface area contributed by atoms with Gasteiger partial charge in [-0.25, -0.2) is 5.90 Å². The SMILES string of the molecule is C.C=C(C)OC.CC(C)(C)ON.COC(=O)C(C)(C)C.CSSC(C)(C)C.CSSCCC(=O)CC(C)(C)C.Cc1ccc(C2(C(F)(F)F)C=N2)cc1. The van der Waals surface area contributed by atoms with Gasteiger partial charge in [-0.3, -0.25) is 19.4 Å². The van der Waals surface area contributed by atoms with Gasteiger partial charge in [-0.05, 0) is 78.9 Å². The molecule has 7 nitrogen and oxygen atoms in total. The molecule has 0 aromatic heterocycles. The molecule has 0 radical (unpaired) electrons. The van der Waals surface area contributed by atoms with Crippen LogP contribution < -0.4 is 5.90 Å². The van der Waals surface area contributed by atoms with Crippen LogP contribution >= 0.6 is 43.2 Å². The standard InChI is InChI=1S/C10H8F3N.C9H18OS2.C6H12O2.C5H12S2.C4H11NO.C4H8O.CH4/c1-7-2-4-8(5-3-7)9(6-14-9)10(11,12)13;1-9(2,3)7-8(10)5-6-12-11-4;1-6(2,3)5(7)8-4;1-5(2,3)7-6-4;1-4(2,3)6-5;1-4(2)5-3;/h2-6H,1H3;5-7H2,1-4H3;1-4H3;1-4H3;5H2,1-3H3;1H2,2-3H3;1H4. The predicted molar refractivity (Wildman–Crippen MR) is 233 cm³/mol. The predicted octanol–water partition coefficient (Wildman–Crippen LogP) is 12.7. The molecule has 0 aliphatic carbocycles. The number of ether oxygens (including phenoxy) is 2. The van der Waals surface area contributed by atoms with E-state index in [1.165, 1.54) is 19.2 Å². The number of ketones is 1. The quantitative estimate of drug-likeness (QED) is 0.0896. The van der Waals surface area contributed by atoms with Gasteiger partial charge in [0.1, 0.15) is 5.78 Å². The maximum Gasteiger partial charge on any atom is 0.422 e. The van der Waals surface area contributed by atoms with Gasteiger partial charge >= 0.3 is 12.1 Å². The van der Waals surface area contributed by atoms with Gasteiger partial charge in [-0.2, -0.15) is 13.2 Å². The smallest absolute Gasteiger partial charge is 0.422 e. The minimum absolute atomic E-state index is 0. The largest absolute Gasteiger partial charge is 0.502 e. The molecule has 0 amide bonds. The summed E-state index contributed by atoms with van der Waals surface area (Å²) in [6, 6.07) is 6.25. The average Bonchev–Trinajstić information content (AvgIpc) is 3.79. The third-order valence-corrected chi connectivity index (χ3v) is 9.93. The van der Waals surface area contributed by atoms with Gasteiger partial charge in [-0.15, -0.1) is 0 Å². The number of allylic oxidation sites excluding steroid dienone is 1. The number of nitrogens with zero attached hydrogens (tertiary/aromatic N) is 1. The van der Waals surface area contributed by atoms with Crippen LogP contribution in [-0.4, -0.2) is 67.0 Å². The number of methoxy groups -OCH3 is 2. The number of hydrogen-bond donors (Lipinski definition) is 1. The summed E-state index contributed by atoms with van der Waals surface area (Å²) in [4.78, 5) is 29.7. The summed E-state index contributed by atoms with van der Waals surface area (Å²) in [6.45, 7) is 31.2. The number of Topliss-reactive ketones (excluding diaryl/α,β-unsaturated/α-hetero) is 1. The van der Waals surface area contributed by atoms with Crippen molar-refractivity contribution in [3.05, 3.63) is 47.7 Å². The van der Waals surface area contributed by atoms with Gasteiger partial charge in [-0.1, -0.05) is 129 Å². The first-order chi connectivity index (χ1) is 23.3. The number of esters is 1. The molecule has 2 N–H and O–H groups in total. The molecule has 14 heteroatoms. The fraction of sp³-hybridized carbons (Fsp3) is 0.718. The monoisotopic (exact) mass is 834 g/mol. The Labute approximate surface area is 337 Å². The first-order valence-electron chi connectivity index (χ1n) is 16.5. The Hall–Kier alpha value is -1.32. The van der Waals surface area contributed by atoms with Crippen molar-refractivity contribution in [1.82, 2.24) is 0 Å². The lowest BCUT2D eigenvalue weighted by atomic mass is 9.89. The Kier molecular flexibility index (Phi) is 33.3. The Balaban J connectivity index is -0.000000181. The molecular formula is C39H73F3N2O5S4. The number of carbonyl (C=O) groups is 2. The molecule has 0 saturated heterocycles. The maximum atomic E-state index is 12.6. The van der Waals surface area contributed by atoms with Crippen LogP contribution in [0.5, 0.6) is 0 Å². The normalized spacial score (nSPS) is 14.5. The van der Waals surface area contributed by atoms with E-state index in [9.17, 15) is 22.8 Å². The van der Waals surface area contributed by atoms with Crippen LogP contribution in [0.2, 0.25) is 0 Å². The Morgan fingerprint density at radius 1 is 0.868 bits per heavy atom. The van der Waals surface area contributed by atoms with E-state index in [0.29, 0.717) is 17.0 Å². The van der Waals surface area contributed by atoms with Gasteiger partial charge in [0.2, 0.25) is 5.54 Å². The Morgan fingerprint density at radius 3 is 1.47 bits per heavy atom. The fourth-order valence-electron chi connectivity index (χ4n) is 2.81. The third kappa shape index (κ3) is 38.7. The van der Waals surface area contributed by atoms with E-state index < -0.39 is 11.7 Å². The van der Waals surface area contributed by atoms with Gasteiger partial charge in [0, 0.05) is 29.6 Å². The molecule has 1 atom stereocenters. The summed E-state index contributed by atoms with van der Waals surface area (Å²) in [5.74, 6) is 6.74. The van der Waals surface area contributed by atoms with Crippen LogP contribution in [0.1, 0.15) is 121 Å². The average molecular weight is 835 g/mol. The van der Waals surface area contributed by atoms with Crippen molar-refractivity contribution >= 4 is 61.1 Å². The van der Waals surface area contributed by atoms with Crippen LogP contribution in [0.25, 0.3) is 0 Å². The summed E-state index contributed by atoms with van der Waals surface area (Å²) in [7, 11) is 10.2. The van der Waals surface area contributed by atoms with E-state index in [4.69, 9.17) is 5.90 Å². The van der Waals surface area contributed by atoms with Crippen LogP contribution in [0.3, 0.4) is 0 Å². The summed E-state index contributed by atoms with van der Waals surface area (Å²) in [5.41, 5.74) is -1.28. The van der Waals surface area contributed by atoms with Crippen molar-refractivity contribution in [2.45, 2.75) is 139 Å². The molecule has 0 spiro atoms. The number of benzene rings is 1. The molecule has 0 saturated carbocycles. The van der Waals surface area contributed by atoms with E-state index >= 15 is 0 Å². The fourth-order valence-corrected chi connectivity index (χ4v) is 6.03. The molecular weight excluding hydrogens is 762 g/mol. The van der Waals surface area contributed by atoms with Crippen molar-refractivity contribution in [3.8, 4) is 0 Å². The second-order valence-corrected chi connectivity index (χ2v) is 21.6. The number of halogens is 3. The van der Waals surface area contributed by atoms with E-state index in [-0.39, 0.29) is 35.4 Å². The highest BCUT2D eigenvalue weighted by Gasteiger charge is 2.61. The highest BCUT2D eigenvalue weighted by atomic mass is 33.1. The number of carbonyl (C=O) groups excluding carboxylic acids is 2. The maximum absolute atomic E-state index is 12.6. The molecule has 1 aliphatic rings. The summed E-state index contributed by atoms with van der Waals surface area (Å²) in [6.07, 6.45) is 2.21. The van der Waals surface area contributed by atoms with Gasteiger partial charge in [0.25, 0.3) is 0 Å². The van der Waals surface area contributed by atoms with Crippen LogP contribution in [0, 0.1) is 17.8 Å². The van der Waals surface area contributed by atoms with Crippen molar-refractivity contribution in [2.24, 2.45) is 21.7 Å². The highest BCUT2D eigenvalue weighted by Crippen LogP contribution is 2.47. The van der Waals surface area contributed by atoms with Crippen LogP contribution in [0.4, 0.5) is 13.2 Å². The van der Waals surface area contributed by atoms with E-state index in [2.05, 4.69) is 73.7 Å². The molecule has 314 valence electrons. The summed E-state index contributed by atoms with van der Waals surface area (Å²) in [5, 5.41) is 0. The highest BCUT2D eigenvalue weighted by molar-refractivity contribution is 8.77. The molecule has 1 aliphatic heterocycles. The molecule has 1 heterocycles. The van der Waals surface area contributed by atoms with Gasteiger partial charge in [0.15, 0.2) is 0 Å². The molecule has 53 heavy (non-hydrogen) atoms.